The molecule has 2 N–H and O–H groups in total. The summed E-state index contributed by atoms with van der Waals surface area (Å²) in [5.41, 5.74) is 7.91. The molecule has 6 rings (SSSR count). The van der Waals surface area contributed by atoms with Crippen molar-refractivity contribution < 1.29 is 4.42 Å². The van der Waals surface area contributed by atoms with E-state index in [4.69, 9.17) is 4.42 Å². The Kier molecular flexibility index (Phi) is 5.01. The Bertz CT molecular complexity index is 740. The van der Waals surface area contributed by atoms with E-state index in [1.54, 1.807) is 0 Å². The van der Waals surface area contributed by atoms with Gasteiger partial charge >= 0.3 is 0 Å². The number of nitrogens with zero attached hydrogens (tertiary/aromatic N) is 2. The maximum Gasteiger partial charge on any atom is 0.122 e. The first-order valence-corrected chi connectivity index (χ1v) is 10.4. The molecule has 1 aromatic carbocycles. The van der Waals surface area contributed by atoms with Crippen LogP contribution in [-0.2, 0) is 13.1 Å². The van der Waals surface area contributed by atoms with Gasteiger partial charge < -0.3 is 4.42 Å². The summed E-state index contributed by atoms with van der Waals surface area (Å²) in [5.74, 6) is 2.95. The lowest BCUT2D eigenvalue weighted by molar-refractivity contribution is 0.122. The van der Waals surface area contributed by atoms with Crippen LogP contribution in [0.5, 0.6) is 0 Å². The van der Waals surface area contributed by atoms with Gasteiger partial charge in [0, 0.05) is 38.8 Å². The van der Waals surface area contributed by atoms with E-state index >= 15 is 0 Å². The van der Waals surface area contributed by atoms with Crippen molar-refractivity contribution in [3.05, 3.63) is 59.5 Å². The van der Waals surface area contributed by atoms with Crippen LogP contribution in [-0.4, -0.2) is 42.0 Å². The van der Waals surface area contributed by atoms with Crippen LogP contribution in [0.3, 0.4) is 0 Å². The molecule has 2 bridgehead atoms. The first-order valence-electron chi connectivity index (χ1n) is 10.4. The van der Waals surface area contributed by atoms with E-state index < -0.39 is 0 Å². The molecular weight excluding hydrogens is 336 g/mol. The van der Waals surface area contributed by atoms with Crippen molar-refractivity contribution in [1.82, 2.24) is 20.7 Å². The molecule has 0 saturated carbocycles. The molecule has 0 aliphatic carbocycles. The van der Waals surface area contributed by atoms with Crippen molar-refractivity contribution in [1.29, 1.82) is 0 Å². The third kappa shape index (κ3) is 3.97. The van der Waals surface area contributed by atoms with Crippen molar-refractivity contribution in [3.63, 3.8) is 0 Å². The summed E-state index contributed by atoms with van der Waals surface area (Å²) in [4.78, 5) is 5.33. The average Bonchev–Trinajstić information content (AvgIpc) is 3.30. The molecule has 0 spiro atoms. The monoisotopic (exact) mass is 366 g/mol. The number of rotatable bonds is 5. The van der Waals surface area contributed by atoms with E-state index in [1.807, 2.05) is 0 Å². The van der Waals surface area contributed by atoms with Gasteiger partial charge in [0.2, 0.25) is 0 Å². The number of piperidine rings is 1. The summed E-state index contributed by atoms with van der Waals surface area (Å²) in [6.07, 6.45) is 3.79. The van der Waals surface area contributed by atoms with Crippen LogP contribution in [0.1, 0.15) is 42.4 Å². The van der Waals surface area contributed by atoms with Gasteiger partial charge in [-0.05, 0) is 42.9 Å². The van der Waals surface area contributed by atoms with Crippen molar-refractivity contribution in [2.24, 2.45) is 5.92 Å². The third-order valence-electron chi connectivity index (χ3n) is 6.37. The number of nitrogens with one attached hydrogen (secondary N) is 2. The van der Waals surface area contributed by atoms with Gasteiger partial charge in [0.25, 0.3) is 0 Å². The molecule has 27 heavy (non-hydrogen) atoms. The molecular formula is C22H30N4O. The Morgan fingerprint density at radius 1 is 0.926 bits per heavy atom. The largest absolute Gasteiger partial charge is 0.463 e. The fourth-order valence-electron chi connectivity index (χ4n) is 5.00. The Labute approximate surface area is 161 Å². The third-order valence-corrected chi connectivity index (χ3v) is 6.37. The predicted molar refractivity (Wildman–Crippen MR) is 106 cm³/mol. The van der Waals surface area contributed by atoms with Gasteiger partial charge in [-0.1, -0.05) is 30.3 Å². The normalized spacial score (nSPS) is 29.3. The minimum absolute atomic E-state index is 0.320. The number of hydrogen-bond acceptors (Lipinski definition) is 5. The minimum atomic E-state index is 0.320. The van der Waals surface area contributed by atoms with Crippen LogP contribution in [0, 0.1) is 5.92 Å². The second-order valence-corrected chi connectivity index (χ2v) is 8.42. The second kappa shape index (κ2) is 7.76. The molecule has 0 radical (unpaired) electrons. The first-order chi connectivity index (χ1) is 13.3. The molecule has 4 aliphatic heterocycles. The minimum Gasteiger partial charge on any atom is -0.463 e. The maximum absolute atomic E-state index is 6.17. The Morgan fingerprint density at radius 2 is 1.85 bits per heavy atom. The SMILES string of the molecule is c1ccc(CN2C[C@@H]3CC[C@H]2CN(Cc2ccc(C4CCNN4)o2)C3)cc1. The quantitative estimate of drug-likeness (QED) is 0.852. The van der Waals surface area contributed by atoms with E-state index in [2.05, 4.69) is 63.1 Å². The van der Waals surface area contributed by atoms with Crippen LogP contribution >= 0.6 is 0 Å². The van der Waals surface area contributed by atoms with Gasteiger partial charge in [-0.2, -0.15) is 0 Å². The van der Waals surface area contributed by atoms with Crippen molar-refractivity contribution >= 4 is 0 Å². The van der Waals surface area contributed by atoms with Crippen LogP contribution in [0.2, 0.25) is 0 Å². The van der Waals surface area contributed by atoms with Crippen LogP contribution in [0.25, 0.3) is 0 Å². The molecule has 1 unspecified atom stereocenters. The fourth-order valence-corrected chi connectivity index (χ4v) is 5.00. The summed E-state index contributed by atoms with van der Waals surface area (Å²) in [6.45, 7) is 6.61. The zero-order chi connectivity index (χ0) is 18.1. The molecule has 1 aromatic heterocycles. The Morgan fingerprint density at radius 3 is 2.70 bits per heavy atom. The second-order valence-electron chi connectivity index (χ2n) is 8.42. The molecule has 5 nitrogen and oxygen atoms in total. The number of hydrazine groups is 1. The van der Waals surface area contributed by atoms with Crippen molar-refractivity contribution in [2.45, 2.75) is 44.4 Å². The predicted octanol–water partition coefficient (Wildman–Crippen LogP) is 2.92. The Hall–Kier alpha value is -1.66. The molecule has 3 atom stereocenters. The highest BCUT2D eigenvalue weighted by atomic mass is 16.3. The van der Waals surface area contributed by atoms with Gasteiger partial charge in [0.15, 0.2) is 0 Å². The fraction of sp³-hybridized carbons (Fsp3) is 0.545. The summed E-state index contributed by atoms with van der Waals surface area (Å²) in [5, 5.41) is 0. The molecule has 4 fully saturated rings. The van der Waals surface area contributed by atoms with Gasteiger partial charge in [-0.25, -0.2) is 5.43 Å². The summed E-state index contributed by atoms with van der Waals surface area (Å²) in [6, 6.07) is 16.2. The van der Waals surface area contributed by atoms with E-state index in [9.17, 15) is 0 Å². The van der Waals surface area contributed by atoms with Crippen LogP contribution in [0.4, 0.5) is 0 Å². The lowest BCUT2D eigenvalue weighted by atomic mass is 9.94. The number of benzene rings is 1. The van der Waals surface area contributed by atoms with E-state index in [-0.39, 0.29) is 0 Å². The van der Waals surface area contributed by atoms with E-state index in [1.165, 1.54) is 31.5 Å². The maximum atomic E-state index is 6.17. The van der Waals surface area contributed by atoms with E-state index in [0.717, 1.165) is 50.0 Å². The number of hydrogen-bond donors (Lipinski definition) is 2. The lowest BCUT2D eigenvalue weighted by Gasteiger charge is -2.36. The topological polar surface area (TPSA) is 43.7 Å². The summed E-state index contributed by atoms with van der Waals surface area (Å²) < 4.78 is 6.17. The highest BCUT2D eigenvalue weighted by Gasteiger charge is 2.35. The summed E-state index contributed by atoms with van der Waals surface area (Å²) >= 11 is 0. The lowest BCUT2D eigenvalue weighted by Crippen LogP contribution is -2.43. The average molecular weight is 367 g/mol. The summed E-state index contributed by atoms with van der Waals surface area (Å²) in [7, 11) is 0. The molecule has 0 amide bonds. The molecule has 2 aromatic rings. The zero-order valence-electron chi connectivity index (χ0n) is 15.9. The standard InChI is InChI=1S/C22H30N4O/c1-2-4-17(5-3-1)13-26-14-18-6-7-19(26)15-25(12-18)16-20-8-9-22(27-20)21-10-11-23-24-21/h1-5,8-9,18-19,21,23-24H,6-7,10-16H2/t18-,19+,21?/m1/s1. The molecule has 4 aliphatic rings. The van der Waals surface area contributed by atoms with Gasteiger partial charge in [0.05, 0.1) is 12.6 Å². The smallest absolute Gasteiger partial charge is 0.122 e. The number of fused-ring (bicyclic) bond motifs is 4. The highest BCUT2D eigenvalue weighted by Crippen LogP contribution is 2.30. The van der Waals surface area contributed by atoms with E-state index in [0.29, 0.717) is 12.1 Å². The van der Waals surface area contributed by atoms with Gasteiger partial charge in [-0.15, -0.1) is 0 Å². The molecule has 5 heteroatoms. The van der Waals surface area contributed by atoms with Gasteiger partial charge in [0.1, 0.15) is 11.5 Å². The molecule has 4 saturated heterocycles. The Balaban J connectivity index is 1.23. The van der Waals surface area contributed by atoms with Gasteiger partial charge in [-0.3, -0.25) is 15.2 Å². The zero-order valence-corrected chi connectivity index (χ0v) is 15.9. The van der Waals surface area contributed by atoms with Crippen LogP contribution < -0.4 is 10.9 Å². The van der Waals surface area contributed by atoms with Crippen molar-refractivity contribution in [3.8, 4) is 0 Å². The molecule has 144 valence electrons. The van der Waals surface area contributed by atoms with Crippen molar-refractivity contribution in [2.75, 3.05) is 26.2 Å². The highest BCUT2D eigenvalue weighted by molar-refractivity contribution is 5.15. The van der Waals surface area contributed by atoms with Crippen LogP contribution in [0.15, 0.2) is 46.9 Å². The number of furan rings is 1. The first kappa shape index (κ1) is 17.4. The molecule has 5 heterocycles.